The van der Waals surface area contributed by atoms with Crippen molar-refractivity contribution < 1.29 is 23.2 Å². The van der Waals surface area contributed by atoms with Gasteiger partial charge in [0.2, 0.25) is 11.8 Å². The maximum atomic E-state index is 13.1. The van der Waals surface area contributed by atoms with Gasteiger partial charge in [0, 0.05) is 12.8 Å². The van der Waals surface area contributed by atoms with Crippen LogP contribution in [-0.4, -0.2) is 33.4 Å². The Labute approximate surface area is 173 Å². The monoisotopic (exact) mass is 425 g/mol. The molecule has 2 N–H and O–H groups in total. The van der Waals surface area contributed by atoms with Crippen LogP contribution in [0.3, 0.4) is 0 Å². The van der Waals surface area contributed by atoms with E-state index >= 15 is 0 Å². The van der Waals surface area contributed by atoms with E-state index in [2.05, 4.69) is 20.8 Å². The lowest BCUT2D eigenvalue weighted by Crippen LogP contribution is -2.43. The van der Waals surface area contributed by atoms with Gasteiger partial charge in [-0.05, 0) is 36.2 Å². The highest BCUT2D eigenvalue weighted by Gasteiger charge is 2.31. The van der Waals surface area contributed by atoms with Gasteiger partial charge in [-0.1, -0.05) is 6.07 Å². The summed E-state index contributed by atoms with van der Waals surface area (Å²) in [5.41, 5.74) is 4.71. The zero-order chi connectivity index (χ0) is 21.5. The second-order valence-corrected chi connectivity index (χ2v) is 7.22. The van der Waals surface area contributed by atoms with Gasteiger partial charge in [-0.25, -0.2) is 29.5 Å². The van der Waals surface area contributed by atoms with Crippen molar-refractivity contribution in [3.05, 3.63) is 64.2 Å². The smallest absolute Gasteiger partial charge is 0.408 e. The number of carbonyl (C=O) groups excluding carboxylic acids is 2. The SMILES string of the molecule is O=C1CCC(n2c(=O)oc3ccc(CC4N=C(c5ccc(F)cn5)NO4)cc32)C(=O)N1. The molecule has 10 nitrogen and oxygen atoms in total. The van der Waals surface area contributed by atoms with Crippen molar-refractivity contribution in [1.82, 2.24) is 20.3 Å². The molecule has 2 unspecified atom stereocenters. The number of amidine groups is 1. The van der Waals surface area contributed by atoms with Gasteiger partial charge in [-0.15, -0.1) is 0 Å². The van der Waals surface area contributed by atoms with Crippen molar-refractivity contribution >= 4 is 28.7 Å². The molecule has 31 heavy (non-hydrogen) atoms. The number of amides is 2. The fourth-order valence-electron chi connectivity index (χ4n) is 3.67. The Kier molecular flexibility index (Phi) is 4.59. The van der Waals surface area contributed by atoms with E-state index in [0.717, 1.165) is 11.8 Å². The van der Waals surface area contributed by atoms with E-state index in [9.17, 15) is 18.8 Å². The summed E-state index contributed by atoms with van der Waals surface area (Å²) in [5.74, 6) is -1.62. The van der Waals surface area contributed by atoms with Gasteiger partial charge in [-0.3, -0.25) is 19.5 Å². The normalized spacial score (nSPS) is 21.1. The molecular formula is C20H16FN5O5. The quantitative estimate of drug-likeness (QED) is 0.596. The Morgan fingerprint density at radius 3 is 2.84 bits per heavy atom. The number of halogens is 1. The Hall–Kier alpha value is -3.86. The molecule has 1 saturated heterocycles. The maximum Gasteiger partial charge on any atom is 0.420 e. The highest BCUT2D eigenvalue weighted by Crippen LogP contribution is 2.25. The van der Waals surface area contributed by atoms with Crippen molar-refractivity contribution in [1.29, 1.82) is 0 Å². The summed E-state index contributed by atoms with van der Waals surface area (Å²) in [6.45, 7) is 0. The molecule has 2 aliphatic heterocycles. The molecule has 2 aromatic heterocycles. The Morgan fingerprint density at radius 2 is 2.06 bits per heavy atom. The van der Waals surface area contributed by atoms with Crippen molar-refractivity contribution in [2.45, 2.75) is 31.5 Å². The number of rotatable bonds is 4. The number of imide groups is 1. The number of oxazole rings is 1. The number of aliphatic imine (C=N–C) groups is 1. The minimum atomic E-state index is -0.819. The van der Waals surface area contributed by atoms with Gasteiger partial charge in [0.1, 0.15) is 17.6 Å². The third kappa shape index (κ3) is 3.59. The van der Waals surface area contributed by atoms with Crippen LogP contribution < -0.4 is 16.6 Å². The third-order valence-corrected chi connectivity index (χ3v) is 5.14. The van der Waals surface area contributed by atoms with Crippen LogP contribution in [0.1, 0.15) is 30.1 Å². The van der Waals surface area contributed by atoms with Crippen LogP contribution in [0.2, 0.25) is 0 Å². The summed E-state index contributed by atoms with van der Waals surface area (Å²) in [6, 6.07) is 7.09. The standard InChI is InChI=1S/C20H16FN5O5/c21-11-2-3-12(22-9-11)18-24-17(31-25-18)8-10-1-5-15-14(7-10)26(20(29)30-15)13-4-6-16(27)23-19(13)28/h1-3,5,7,9,13,17H,4,6,8H2,(H,24,25)(H,23,27,28). The van der Waals surface area contributed by atoms with E-state index in [0.29, 0.717) is 29.1 Å². The van der Waals surface area contributed by atoms with Crippen molar-refractivity contribution in [3.63, 3.8) is 0 Å². The number of fused-ring (bicyclic) bond motifs is 1. The number of benzene rings is 1. The van der Waals surface area contributed by atoms with Crippen LogP contribution in [0, 0.1) is 5.82 Å². The molecule has 1 fully saturated rings. The topological polar surface area (TPSA) is 128 Å². The van der Waals surface area contributed by atoms with E-state index in [1.54, 1.807) is 18.2 Å². The average molecular weight is 425 g/mol. The van der Waals surface area contributed by atoms with Crippen LogP contribution in [0.15, 0.2) is 50.7 Å². The fourth-order valence-corrected chi connectivity index (χ4v) is 3.67. The molecule has 2 aliphatic rings. The number of piperidine rings is 1. The Bertz CT molecular complexity index is 1280. The molecule has 0 saturated carbocycles. The molecule has 0 aliphatic carbocycles. The first-order valence-corrected chi connectivity index (χ1v) is 9.57. The number of nitrogens with zero attached hydrogens (tertiary/aromatic N) is 3. The van der Waals surface area contributed by atoms with Crippen LogP contribution in [0.4, 0.5) is 4.39 Å². The molecule has 158 valence electrons. The molecule has 3 aromatic rings. The molecule has 0 spiro atoms. The lowest BCUT2D eigenvalue weighted by atomic mass is 10.1. The summed E-state index contributed by atoms with van der Waals surface area (Å²) in [5, 5.41) is 2.25. The van der Waals surface area contributed by atoms with Crippen molar-refractivity contribution in [2.24, 2.45) is 4.99 Å². The number of carbonyl (C=O) groups is 2. The predicted molar refractivity (Wildman–Crippen MR) is 104 cm³/mol. The fraction of sp³-hybridized carbons (Fsp3) is 0.250. The molecule has 0 radical (unpaired) electrons. The van der Waals surface area contributed by atoms with Gasteiger partial charge in [0.15, 0.2) is 17.6 Å². The summed E-state index contributed by atoms with van der Waals surface area (Å²) >= 11 is 0. The molecule has 11 heteroatoms. The maximum absolute atomic E-state index is 13.1. The summed E-state index contributed by atoms with van der Waals surface area (Å²) in [6.07, 6.45) is 1.25. The van der Waals surface area contributed by atoms with Gasteiger partial charge in [0.25, 0.3) is 0 Å². The number of pyridine rings is 1. The lowest BCUT2D eigenvalue weighted by Gasteiger charge is -2.21. The van der Waals surface area contributed by atoms with Crippen LogP contribution >= 0.6 is 0 Å². The van der Waals surface area contributed by atoms with E-state index in [1.807, 2.05) is 0 Å². The Morgan fingerprint density at radius 1 is 1.19 bits per heavy atom. The zero-order valence-corrected chi connectivity index (χ0v) is 16.0. The Balaban J connectivity index is 1.41. The minimum absolute atomic E-state index is 0.145. The average Bonchev–Trinajstić information content (AvgIpc) is 3.33. The number of hydrogen-bond acceptors (Lipinski definition) is 8. The number of nitrogens with one attached hydrogen (secondary N) is 2. The van der Waals surface area contributed by atoms with Crippen LogP contribution in [0.5, 0.6) is 0 Å². The lowest BCUT2D eigenvalue weighted by molar-refractivity contribution is -0.135. The van der Waals surface area contributed by atoms with E-state index in [-0.39, 0.29) is 18.7 Å². The molecule has 2 amide bonds. The van der Waals surface area contributed by atoms with Gasteiger partial charge < -0.3 is 4.42 Å². The first kappa shape index (κ1) is 19.1. The second kappa shape index (κ2) is 7.43. The van der Waals surface area contributed by atoms with Crippen LogP contribution in [0.25, 0.3) is 11.1 Å². The van der Waals surface area contributed by atoms with E-state index in [1.165, 1.54) is 16.7 Å². The van der Waals surface area contributed by atoms with Gasteiger partial charge in [-0.2, -0.15) is 0 Å². The summed E-state index contributed by atoms with van der Waals surface area (Å²) in [4.78, 5) is 49.9. The molecule has 1 aromatic carbocycles. The number of hydroxylamine groups is 1. The predicted octanol–water partition coefficient (Wildman–Crippen LogP) is 0.956. The number of aromatic nitrogens is 2. The highest BCUT2D eigenvalue weighted by atomic mass is 19.1. The third-order valence-electron chi connectivity index (χ3n) is 5.14. The van der Waals surface area contributed by atoms with E-state index < -0.39 is 29.8 Å². The second-order valence-electron chi connectivity index (χ2n) is 7.22. The van der Waals surface area contributed by atoms with Gasteiger partial charge in [0.05, 0.1) is 11.7 Å². The largest absolute Gasteiger partial charge is 0.420 e. The molecule has 2 atom stereocenters. The molecular weight excluding hydrogens is 409 g/mol. The zero-order valence-electron chi connectivity index (χ0n) is 16.0. The minimum Gasteiger partial charge on any atom is -0.408 e. The summed E-state index contributed by atoms with van der Waals surface area (Å²) < 4.78 is 19.6. The van der Waals surface area contributed by atoms with E-state index in [4.69, 9.17) is 9.25 Å². The van der Waals surface area contributed by atoms with Crippen molar-refractivity contribution in [3.8, 4) is 0 Å². The van der Waals surface area contributed by atoms with Crippen molar-refractivity contribution in [2.75, 3.05) is 0 Å². The molecule has 0 bridgehead atoms. The molecule has 4 heterocycles. The highest BCUT2D eigenvalue weighted by molar-refractivity contribution is 6.00. The first-order valence-electron chi connectivity index (χ1n) is 9.57. The first-order chi connectivity index (χ1) is 15.0. The molecule has 5 rings (SSSR count). The number of hydrogen-bond donors (Lipinski definition) is 2. The van der Waals surface area contributed by atoms with Gasteiger partial charge >= 0.3 is 5.76 Å². The summed E-state index contributed by atoms with van der Waals surface area (Å²) in [7, 11) is 0. The van der Waals surface area contributed by atoms with Crippen LogP contribution in [-0.2, 0) is 20.8 Å².